The molecule has 1 atom stereocenters. The number of aromatic nitrogens is 1. The van der Waals surface area contributed by atoms with Crippen molar-refractivity contribution in [3.8, 4) is 5.75 Å². The van der Waals surface area contributed by atoms with Crippen LogP contribution in [0.15, 0.2) is 79.0 Å². The van der Waals surface area contributed by atoms with Crippen molar-refractivity contribution in [1.82, 2.24) is 14.8 Å². The van der Waals surface area contributed by atoms with Crippen molar-refractivity contribution in [2.75, 3.05) is 46.5 Å². The second-order valence-corrected chi connectivity index (χ2v) is 9.66. The van der Waals surface area contributed by atoms with Gasteiger partial charge in [-0.1, -0.05) is 48.5 Å². The first-order valence-corrected chi connectivity index (χ1v) is 13.1. The average molecular weight is 516 g/mol. The minimum atomic E-state index is -0.248. The molecule has 1 fully saturated rings. The largest absolute Gasteiger partial charge is 0.496 e. The minimum absolute atomic E-state index is 0.00420. The van der Waals surface area contributed by atoms with E-state index in [1.54, 1.807) is 7.11 Å². The summed E-state index contributed by atoms with van der Waals surface area (Å²) >= 11 is 0. The molecule has 0 bridgehead atoms. The molecule has 2 heterocycles. The second kappa shape index (κ2) is 12.2. The van der Waals surface area contributed by atoms with Crippen LogP contribution in [0.1, 0.15) is 29.0 Å². The number of ether oxygens (including phenoxy) is 2. The third-order valence-electron chi connectivity index (χ3n) is 7.22. The number of hydrogen-bond donors (Lipinski definition) is 1. The van der Waals surface area contributed by atoms with Crippen molar-refractivity contribution < 1.29 is 18.7 Å². The Hall–Kier alpha value is -3.68. The van der Waals surface area contributed by atoms with Crippen molar-refractivity contribution in [2.45, 2.75) is 18.9 Å². The maximum Gasteiger partial charge on any atom is 0.220 e. The monoisotopic (exact) mass is 515 g/mol. The Bertz CT molecular complexity index is 1360. The maximum atomic E-state index is 13.5. The van der Waals surface area contributed by atoms with E-state index in [0.717, 1.165) is 66.2 Å². The average Bonchev–Trinajstić information content (AvgIpc) is 3.31. The molecule has 0 radical (unpaired) electrons. The Morgan fingerprint density at radius 2 is 1.74 bits per heavy atom. The third-order valence-corrected chi connectivity index (χ3v) is 7.22. The van der Waals surface area contributed by atoms with Crippen LogP contribution < -0.4 is 10.1 Å². The van der Waals surface area contributed by atoms with E-state index < -0.39 is 0 Å². The lowest BCUT2D eigenvalue weighted by molar-refractivity contribution is -0.121. The molecular formula is C31H34FN3O3. The number of halogens is 1. The number of fused-ring (bicyclic) bond motifs is 1. The number of nitrogens with zero attached hydrogens (tertiary/aromatic N) is 2. The van der Waals surface area contributed by atoms with Gasteiger partial charge in [-0.15, -0.1) is 0 Å². The second-order valence-electron chi connectivity index (χ2n) is 9.66. The third kappa shape index (κ3) is 6.06. The van der Waals surface area contributed by atoms with Gasteiger partial charge in [-0.3, -0.25) is 9.69 Å². The number of methoxy groups -OCH3 is 1. The van der Waals surface area contributed by atoms with Crippen LogP contribution in [-0.2, 0) is 16.1 Å². The Labute approximate surface area is 223 Å². The summed E-state index contributed by atoms with van der Waals surface area (Å²) in [5.41, 5.74) is 4.12. The number of hydrogen-bond acceptors (Lipinski definition) is 4. The summed E-state index contributed by atoms with van der Waals surface area (Å²) in [6.07, 6.45) is 2.43. The summed E-state index contributed by atoms with van der Waals surface area (Å²) in [5.74, 6) is 0.315. The number of nitrogens with one attached hydrogen (secondary N) is 1. The fraction of sp³-hybridized carbons (Fsp3) is 0.323. The Balaban J connectivity index is 1.44. The van der Waals surface area contributed by atoms with E-state index in [0.29, 0.717) is 19.5 Å². The highest BCUT2D eigenvalue weighted by molar-refractivity contribution is 5.87. The summed E-state index contributed by atoms with van der Waals surface area (Å²) in [6.45, 7) is 5.29. The molecule has 38 heavy (non-hydrogen) atoms. The lowest BCUT2D eigenvalue weighted by Crippen LogP contribution is -2.41. The first kappa shape index (κ1) is 25.9. The van der Waals surface area contributed by atoms with Gasteiger partial charge in [-0.2, -0.15) is 0 Å². The van der Waals surface area contributed by atoms with Gasteiger partial charge in [-0.05, 0) is 35.4 Å². The van der Waals surface area contributed by atoms with Gasteiger partial charge >= 0.3 is 0 Å². The molecule has 3 aromatic carbocycles. The van der Waals surface area contributed by atoms with E-state index >= 15 is 0 Å². The Kier molecular flexibility index (Phi) is 8.36. The molecule has 0 spiro atoms. The molecule has 0 saturated carbocycles. The normalized spacial score (nSPS) is 14.9. The Morgan fingerprint density at radius 1 is 1.00 bits per heavy atom. The first-order valence-electron chi connectivity index (χ1n) is 13.1. The molecule has 1 aliphatic rings. The van der Waals surface area contributed by atoms with Crippen molar-refractivity contribution in [3.05, 3.63) is 102 Å². The lowest BCUT2D eigenvalue weighted by Gasteiger charge is -2.26. The highest BCUT2D eigenvalue weighted by atomic mass is 19.1. The molecule has 1 saturated heterocycles. The van der Waals surface area contributed by atoms with Gasteiger partial charge in [0, 0.05) is 67.7 Å². The van der Waals surface area contributed by atoms with Gasteiger partial charge in [0.1, 0.15) is 11.6 Å². The molecule has 1 aliphatic heterocycles. The van der Waals surface area contributed by atoms with Crippen molar-refractivity contribution in [3.63, 3.8) is 0 Å². The van der Waals surface area contributed by atoms with Crippen LogP contribution in [0.4, 0.5) is 4.39 Å². The number of amides is 1. The van der Waals surface area contributed by atoms with Crippen molar-refractivity contribution in [1.29, 1.82) is 0 Å². The summed E-state index contributed by atoms with van der Waals surface area (Å²) < 4.78 is 26.8. The molecule has 1 unspecified atom stereocenters. The molecule has 5 rings (SSSR count). The van der Waals surface area contributed by atoms with Gasteiger partial charge in [0.2, 0.25) is 5.91 Å². The zero-order valence-corrected chi connectivity index (χ0v) is 21.7. The summed E-state index contributed by atoms with van der Waals surface area (Å²) in [4.78, 5) is 15.6. The topological polar surface area (TPSA) is 55.7 Å². The van der Waals surface area contributed by atoms with Gasteiger partial charge in [0.25, 0.3) is 0 Å². The van der Waals surface area contributed by atoms with E-state index in [1.807, 2.05) is 48.5 Å². The maximum absolute atomic E-state index is 13.5. The van der Waals surface area contributed by atoms with Crippen LogP contribution in [0.5, 0.6) is 5.75 Å². The summed E-state index contributed by atoms with van der Waals surface area (Å²) in [5, 5.41) is 4.22. The molecular weight excluding hydrogens is 481 g/mol. The van der Waals surface area contributed by atoms with Crippen LogP contribution in [0.2, 0.25) is 0 Å². The number of rotatable bonds is 10. The lowest BCUT2D eigenvalue weighted by atomic mass is 9.87. The van der Waals surface area contributed by atoms with Gasteiger partial charge in [0.15, 0.2) is 0 Å². The zero-order chi connectivity index (χ0) is 26.3. The predicted octanol–water partition coefficient (Wildman–Crippen LogP) is 4.81. The quantitative estimate of drug-likeness (QED) is 0.330. The summed E-state index contributed by atoms with van der Waals surface area (Å²) in [7, 11) is 1.66. The highest BCUT2D eigenvalue weighted by Gasteiger charge is 2.25. The van der Waals surface area contributed by atoms with Gasteiger partial charge < -0.3 is 19.4 Å². The number of para-hydroxylation sites is 2. The van der Waals surface area contributed by atoms with Crippen LogP contribution in [0.3, 0.4) is 0 Å². The van der Waals surface area contributed by atoms with Crippen LogP contribution in [0, 0.1) is 5.82 Å². The molecule has 6 nitrogen and oxygen atoms in total. The van der Waals surface area contributed by atoms with E-state index in [4.69, 9.17) is 9.47 Å². The number of carbonyl (C=O) groups excluding carboxylic acids is 1. The van der Waals surface area contributed by atoms with Crippen LogP contribution in [0.25, 0.3) is 10.9 Å². The van der Waals surface area contributed by atoms with Crippen LogP contribution >= 0.6 is 0 Å². The van der Waals surface area contributed by atoms with Gasteiger partial charge in [-0.25, -0.2) is 4.39 Å². The standard InChI is InChI=1S/C31H34FN3O3/c1-37-30-9-5-3-7-26(30)27(20-31(36)33-14-15-34-16-18-38-19-17-34)28-22-35(29-8-4-2-6-25(28)29)21-23-10-12-24(32)13-11-23/h2-13,22,27H,14-21H2,1H3,(H,33,36). The first-order chi connectivity index (χ1) is 18.6. The number of benzene rings is 3. The molecule has 4 aromatic rings. The molecule has 198 valence electrons. The van der Waals surface area contributed by atoms with Crippen molar-refractivity contribution >= 4 is 16.8 Å². The summed E-state index contributed by atoms with van der Waals surface area (Å²) in [6, 6.07) is 22.7. The van der Waals surface area contributed by atoms with Gasteiger partial charge in [0.05, 0.1) is 20.3 Å². The van der Waals surface area contributed by atoms with Crippen molar-refractivity contribution in [2.24, 2.45) is 0 Å². The van der Waals surface area contributed by atoms with E-state index in [1.165, 1.54) is 12.1 Å². The van der Waals surface area contributed by atoms with Crippen LogP contribution in [-0.4, -0.2) is 61.9 Å². The molecule has 0 aliphatic carbocycles. The Morgan fingerprint density at radius 3 is 2.53 bits per heavy atom. The molecule has 1 aromatic heterocycles. The number of carbonyl (C=O) groups is 1. The minimum Gasteiger partial charge on any atom is -0.496 e. The van der Waals surface area contributed by atoms with E-state index in [2.05, 4.69) is 33.1 Å². The number of morpholine rings is 1. The zero-order valence-electron chi connectivity index (χ0n) is 21.7. The van der Waals surface area contributed by atoms with E-state index in [9.17, 15) is 9.18 Å². The van der Waals surface area contributed by atoms with E-state index in [-0.39, 0.29) is 17.6 Å². The predicted molar refractivity (Wildman–Crippen MR) is 147 cm³/mol. The molecule has 1 N–H and O–H groups in total. The highest BCUT2D eigenvalue weighted by Crippen LogP contribution is 2.38. The molecule has 1 amide bonds. The SMILES string of the molecule is COc1ccccc1C(CC(=O)NCCN1CCOCC1)c1cn(Cc2ccc(F)cc2)c2ccccc12. The smallest absolute Gasteiger partial charge is 0.220 e. The fourth-order valence-corrected chi connectivity index (χ4v) is 5.25. The fourth-order valence-electron chi connectivity index (χ4n) is 5.25. The molecule has 7 heteroatoms.